The summed E-state index contributed by atoms with van der Waals surface area (Å²) >= 11 is 0. The summed E-state index contributed by atoms with van der Waals surface area (Å²) in [7, 11) is 0. The van der Waals surface area contributed by atoms with Gasteiger partial charge in [0.25, 0.3) is 0 Å². The molecule has 0 aliphatic heterocycles. The number of nitrogens with zero attached hydrogens (tertiary/aromatic N) is 2. The average molecular weight is 559 g/mol. The molecule has 8 aromatic carbocycles. The zero-order chi connectivity index (χ0) is 28.8. The Morgan fingerprint density at radius 1 is 0.318 bits per heavy atom. The summed E-state index contributed by atoms with van der Waals surface area (Å²) in [6.07, 6.45) is 0. The van der Waals surface area contributed by atoms with E-state index in [1.165, 1.54) is 70.4 Å². The first-order chi connectivity index (χ1) is 21.8. The summed E-state index contributed by atoms with van der Waals surface area (Å²) in [4.78, 5) is 2.40. The molecule has 204 valence electrons. The normalized spacial score (nSPS) is 12.1. The molecule has 0 aliphatic carbocycles. The molecular weight excluding hydrogens is 532 g/mol. The molecule has 0 bridgehead atoms. The Morgan fingerprint density at radius 2 is 0.795 bits per heavy atom. The summed E-state index contributed by atoms with van der Waals surface area (Å²) in [5.41, 5.74) is 7.20. The van der Waals surface area contributed by atoms with E-state index in [4.69, 9.17) is 0 Å². The van der Waals surface area contributed by atoms with Crippen molar-refractivity contribution in [3.05, 3.63) is 158 Å². The number of aromatic nitrogens is 1. The molecule has 0 radical (unpaired) electrons. The Morgan fingerprint density at radius 3 is 1.43 bits per heavy atom. The van der Waals surface area contributed by atoms with Crippen molar-refractivity contribution in [2.45, 2.75) is 0 Å². The van der Waals surface area contributed by atoms with Crippen LogP contribution in [0, 0.1) is 0 Å². The third-order valence-corrected chi connectivity index (χ3v) is 9.41. The van der Waals surface area contributed by atoms with Crippen LogP contribution in [0.4, 0.5) is 17.1 Å². The van der Waals surface area contributed by atoms with Crippen molar-refractivity contribution in [1.29, 1.82) is 0 Å². The lowest BCUT2D eigenvalue weighted by Gasteiger charge is -2.26. The minimum Gasteiger partial charge on any atom is -0.310 e. The zero-order valence-electron chi connectivity index (χ0n) is 23.9. The van der Waals surface area contributed by atoms with Crippen LogP contribution in [-0.2, 0) is 0 Å². The molecular formula is C42H26N2. The van der Waals surface area contributed by atoms with Gasteiger partial charge in [-0.1, -0.05) is 109 Å². The summed E-state index contributed by atoms with van der Waals surface area (Å²) in [5.74, 6) is 0. The largest absolute Gasteiger partial charge is 0.310 e. The van der Waals surface area contributed by atoms with E-state index in [1.807, 2.05) is 0 Å². The van der Waals surface area contributed by atoms with E-state index in [1.54, 1.807) is 0 Å². The maximum absolute atomic E-state index is 2.49. The lowest BCUT2D eigenvalue weighted by atomic mass is 10.0. The molecule has 0 N–H and O–H groups in total. The summed E-state index contributed by atoms with van der Waals surface area (Å²) in [6.45, 7) is 0. The van der Waals surface area contributed by atoms with Crippen molar-refractivity contribution >= 4 is 87.5 Å². The smallest absolute Gasteiger partial charge is 0.0620 e. The van der Waals surface area contributed by atoms with Crippen molar-refractivity contribution in [1.82, 2.24) is 4.40 Å². The first-order valence-electron chi connectivity index (χ1n) is 15.2. The highest BCUT2D eigenvalue weighted by Gasteiger charge is 2.20. The minimum atomic E-state index is 1.14. The van der Waals surface area contributed by atoms with E-state index in [0.29, 0.717) is 0 Å². The molecule has 10 aromatic rings. The molecule has 0 fully saturated rings. The predicted molar refractivity (Wildman–Crippen MR) is 188 cm³/mol. The summed E-state index contributed by atoms with van der Waals surface area (Å²) < 4.78 is 2.49. The van der Waals surface area contributed by atoms with Gasteiger partial charge in [0.1, 0.15) is 0 Å². The maximum Gasteiger partial charge on any atom is 0.0620 e. The van der Waals surface area contributed by atoms with Crippen LogP contribution in [0.2, 0.25) is 0 Å². The van der Waals surface area contributed by atoms with Crippen molar-refractivity contribution in [3.8, 4) is 0 Å². The van der Waals surface area contributed by atoms with Gasteiger partial charge < -0.3 is 9.30 Å². The molecule has 44 heavy (non-hydrogen) atoms. The van der Waals surface area contributed by atoms with Gasteiger partial charge >= 0.3 is 0 Å². The second kappa shape index (κ2) is 8.82. The molecule has 2 aromatic heterocycles. The third kappa shape index (κ3) is 3.31. The number of benzene rings is 8. The number of para-hydroxylation sites is 1. The van der Waals surface area contributed by atoms with E-state index in [0.717, 1.165) is 17.1 Å². The monoisotopic (exact) mass is 558 g/mol. The minimum absolute atomic E-state index is 1.14. The van der Waals surface area contributed by atoms with Crippen molar-refractivity contribution in [2.75, 3.05) is 4.90 Å². The number of hydrogen-bond acceptors (Lipinski definition) is 1. The Labute approximate surface area is 253 Å². The van der Waals surface area contributed by atoms with Crippen LogP contribution in [-0.4, -0.2) is 4.40 Å². The van der Waals surface area contributed by atoms with Crippen LogP contribution in [0.3, 0.4) is 0 Å². The molecule has 0 amide bonds. The average Bonchev–Trinajstić information content (AvgIpc) is 3.59. The number of hydrogen-bond donors (Lipinski definition) is 0. The second-order valence-corrected chi connectivity index (χ2v) is 11.9. The molecule has 0 saturated carbocycles. The van der Waals surface area contributed by atoms with Gasteiger partial charge in [0.05, 0.1) is 16.6 Å². The molecule has 0 unspecified atom stereocenters. The third-order valence-electron chi connectivity index (χ3n) is 9.41. The van der Waals surface area contributed by atoms with Crippen LogP contribution < -0.4 is 4.90 Å². The van der Waals surface area contributed by atoms with Gasteiger partial charge in [0.2, 0.25) is 0 Å². The highest BCUT2D eigenvalue weighted by atomic mass is 15.1. The fraction of sp³-hybridized carbons (Fsp3) is 0. The Hall–Kier alpha value is -5.86. The van der Waals surface area contributed by atoms with Gasteiger partial charge in [-0.2, -0.15) is 0 Å². The van der Waals surface area contributed by atoms with E-state index < -0.39 is 0 Å². The predicted octanol–water partition coefficient (Wildman–Crippen LogP) is 11.8. The quantitative estimate of drug-likeness (QED) is 0.209. The summed E-state index contributed by atoms with van der Waals surface area (Å²) in [5, 5.41) is 12.7. The van der Waals surface area contributed by atoms with Crippen LogP contribution in [0.1, 0.15) is 0 Å². The van der Waals surface area contributed by atoms with E-state index in [-0.39, 0.29) is 0 Å². The van der Waals surface area contributed by atoms with Crippen LogP contribution in [0.25, 0.3) is 70.4 Å². The molecule has 0 atom stereocenters. The number of anilines is 3. The SMILES string of the molecule is c1ccc2cc(N(c3ccc4ccccc4c3)c3ccc4c5cccc6c7cc8ccccc8cc7n(c4c3)c56)ccc2c1. The Bertz CT molecular complexity index is 2650. The topological polar surface area (TPSA) is 7.65 Å². The highest BCUT2D eigenvalue weighted by molar-refractivity contribution is 6.25. The van der Waals surface area contributed by atoms with Gasteiger partial charge in [-0.25, -0.2) is 0 Å². The lowest BCUT2D eigenvalue weighted by molar-refractivity contribution is 1.29. The van der Waals surface area contributed by atoms with E-state index in [2.05, 4.69) is 167 Å². The maximum atomic E-state index is 2.49. The van der Waals surface area contributed by atoms with Gasteiger partial charge in [0.15, 0.2) is 0 Å². The van der Waals surface area contributed by atoms with Gasteiger partial charge in [-0.15, -0.1) is 0 Å². The number of rotatable bonds is 3. The van der Waals surface area contributed by atoms with Crippen molar-refractivity contribution in [3.63, 3.8) is 0 Å². The second-order valence-electron chi connectivity index (χ2n) is 11.9. The fourth-order valence-electron chi connectivity index (χ4n) is 7.37. The van der Waals surface area contributed by atoms with Gasteiger partial charge in [-0.05, 0) is 80.8 Å². The molecule has 10 rings (SSSR count). The van der Waals surface area contributed by atoms with Gasteiger partial charge in [-0.3, -0.25) is 0 Å². The van der Waals surface area contributed by atoms with E-state index in [9.17, 15) is 0 Å². The highest BCUT2D eigenvalue weighted by Crippen LogP contribution is 2.43. The summed E-state index contributed by atoms with van der Waals surface area (Å²) in [6, 6.07) is 57.9. The van der Waals surface area contributed by atoms with Crippen LogP contribution in [0.5, 0.6) is 0 Å². The first-order valence-corrected chi connectivity index (χ1v) is 15.2. The Balaban J connectivity index is 1.28. The van der Waals surface area contributed by atoms with Crippen LogP contribution >= 0.6 is 0 Å². The molecule has 0 saturated heterocycles. The molecule has 2 heterocycles. The van der Waals surface area contributed by atoms with Crippen LogP contribution in [0.15, 0.2) is 158 Å². The molecule has 0 aliphatic rings. The standard InChI is InChI=1S/C42H26N2/c1-3-10-29-22-33(18-16-27(29)8-1)43(34-19-17-28-9-2-4-11-30(28)23-34)35-20-21-36-37-14-7-15-38-39-24-31-12-5-6-13-32(31)25-40(39)44(42(37)38)41(36)26-35/h1-26H. The van der Waals surface area contributed by atoms with E-state index >= 15 is 0 Å². The Kier molecular flexibility index (Phi) is 4.75. The first kappa shape index (κ1) is 23.7. The van der Waals surface area contributed by atoms with Crippen molar-refractivity contribution in [2.24, 2.45) is 0 Å². The molecule has 0 spiro atoms. The fourth-order valence-corrected chi connectivity index (χ4v) is 7.37. The van der Waals surface area contributed by atoms with Crippen molar-refractivity contribution < 1.29 is 0 Å². The zero-order valence-corrected chi connectivity index (χ0v) is 23.9. The number of fused-ring (bicyclic) bond motifs is 9. The van der Waals surface area contributed by atoms with Gasteiger partial charge in [0, 0.05) is 38.6 Å². The lowest BCUT2D eigenvalue weighted by Crippen LogP contribution is -2.10. The molecule has 2 heteroatoms. The molecule has 2 nitrogen and oxygen atoms in total.